The predicted octanol–water partition coefficient (Wildman–Crippen LogP) is 1.63. The van der Waals surface area contributed by atoms with Gasteiger partial charge in [-0.25, -0.2) is 0 Å². The first-order valence-electron chi connectivity index (χ1n) is 19.2. The van der Waals surface area contributed by atoms with E-state index in [1.165, 1.54) is 11.8 Å². The van der Waals surface area contributed by atoms with E-state index in [2.05, 4.69) is 21.3 Å². The van der Waals surface area contributed by atoms with E-state index in [0.29, 0.717) is 32.1 Å². The number of aliphatic hydroxyl groups excluding tert-OH is 1. The van der Waals surface area contributed by atoms with Gasteiger partial charge in [-0.3, -0.25) is 28.8 Å². The number of carbonyl (C=O) groups is 6. The molecule has 1 aromatic rings. The Hall–Kier alpha value is -4.04. The van der Waals surface area contributed by atoms with Crippen LogP contribution in [0, 0.1) is 24.7 Å². The lowest BCUT2D eigenvalue weighted by Crippen LogP contribution is -2.62. The quantitative estimate of drug-likeness (QED) is 0.192. The number of aryl methyl sites for hydroxylation is 1. The summed E-state index contributed by atoms with van der Waals surface area (Å²) in [5.41, 5.74) is 7.80. The van der Waals surface area contributed by atoms with E-state index in [1.54, 1.807) is 7.05 Å². The molecule has 0 radical (unpaired) electrons. The van der Waals surface area contributed by atoms with Crippen molar-refractivity contribution in [3.63, 3.8) is 0 Å². The van der Waals surface area contributed by atoms with Gasteiger partial charge in [0.25, 0.3) is 0 Å². The lowest BCUT2D eigenvalue weighted by molar-refractivity contribution is -0.158. The van der Waals surface area contributed by atoms with Crippen LogP contribution < -0.4 is 27.0 Å². The highest BCUT2D eigenvalue weighted by atomic mass is 16.5. The van der Waals surface area contributed by atoms with Gasteiger partial charge in [0.2, 0.25) is 29.5 Å². The number of aliphatic hydroxyl groups is 1. The van der Waals surface area contributed by atoms with Crippen LogP contribution in [0.3, 0.4) is 0 Å². The highest BCUT2D eigenvalue weighted by Gasteiger charge is 2.41. The molecule has 0 spiro atoms. The monoisotopic (exact) mass is 742 g/mol. The molecule has 0 bridgehead atoms. The topological polar surface area (TPSA) is 209 Å². The molecule has 3 rings (SSSR count). The third-order valence-electron chi connectivity index (χ3n) is 10.3. The summed E-state index contributed by atoms with van der Waals surface area (Å²) in [6.07, 6.45) is 4.05. The number of likely N-dealkylation sites (N-methyl/N-ethyl adjacent to an activating group) is 1. The summed E-state index contributed by atoms with van der Waals surface area (Å²) in [6.45, 7) is 8.20. The summed E-state index contributed by atoms with van der Waals surface area (Å²) in [5, 5.41) is 21.0. The number of ether oxygens (including phenoxy) is 1. The Bertz CT molecular complexity index is 1400. The zero-order valence-electron chi connectivity index (χ0n) is 32.3. The van der Waals surface area contributed by atoms with Crippen molar-refractivity contribution in [3.05, 3.63) is 35.4 Å². The highest BCUT2D eigenvalue weighted by Crippen LogP contribution is 2.28. The number of benzene rings is 1. The summed E-state index contributed by atoms with van der Waals surface area (Å²) in [7, 11) is 1.57. The SMILES string of the molecule is CCCC[C@H]1OC(=O)CNC(=O)[C@H](C(C)O)NC(=O)[C@H](CN)NC(=O)[C@H](C2CCCCC2)NC(=O)[C@H](CC(C)C)N(C)C(=O)[C@@H]1Cc1ccc(C)cc1. The van der Waals surface area contributed by atoms with Gasteiger partial charge in [-0.2, -0.15) is 0 Å². The molecule has 7 atom stereocenters. The standard InChI is InChI=1S/C39H62N6O8/c1-7-8-14-31-28(20-26-17-15-24(4)16-18-26)39(52)45(6)30(19-23(2)3)36(49)44-34(27-12-10-9-11-13-27)38(51)42-29(21-40)35(48)43-33(25(5)46)37(50)41-22-32(47)53-31/h15-18,23,25,27-31,33-34,46H,7-14,19-22,40H2,1-6H3,(H,41,50)(H,42,51)(H,43,48)(H,44,49)/t25?,28-,29+,30+,31-,33+,34+/m1/s1. The van der Waals surface area contributed by atoms with Crippen molar-refractivity contribution in [3.8, 4) is 0 Å². The number of amides is 5. The predicted molar refractivity (Wildman–Crippen MR) is 200 cm³/mol. The largest absolute Gasteiger partial charge is 0.460 e. The van der Waals surface area contributed by atoms with Crippen LogP contribution in [0.25, 0.3) is 0 Å². The van der Waals surface area contributed by atoms with Crippen LogP contribution in [-0.2, 0) is 39.9 Å². The third kappa shape index (κ3) is 12.8. The molecule has 1 aromatic carbocycles. The molecule has 14 heteroatoms. The van der Waals surface area contributed by atoms with E-state index in [0.717, 1.165) is 36.8 Å². The maximum absolute atomic E-state index is 14.7. The minimum Gasteiger partial charge on any atom is -0.460 e. The fourth-order valence-corrected chi connectivity index (χ4v) is 7.15. The van der Waals surface area contributed by atoms with Gasteiger partial charge >= 0.3 is 5.97 Å². The molecule has 53 heavy (non-hydrogen) atoms. The first kappa shape index (κ1) is 43.4. The normalized spacial score (nSPS) is 27.1. The first-order valence-corrected chi connectivity index (χ1v) is 19.2. The fourth-order valence-electron chi connectivity index (χ4n) is 7.15. The molecule has 1 saturated heterocycles. The number of nitrogens with one attached hydrogen (secondary N) is 4. The molecular formula is C39H62N6O8. The Morgan fingerprint density at radius 2 is 1.57 bits per heavy atom. The summed E-state index contributed by atoms with van der Waals surface area (Å²) >= 11 is 0. The number of esters is 1. The number of rotatable bonds is 10. The second-order valence-corrected chi connectivity index (χ2v) is 15.2. The number of hydrogen-bond acceptors (Lipinski definition) is 9. The van der Waals surface area contributed by atoms with Crippen molar-refractivity contribution < 1.29 is 38.6 Å². The van der Waals surface area contributed by atoms with Crippen molar-refractivity contribution in [2.75, 3.05) is 20.1 Å². The lowest BCUT2D eigenvalue weighted by Gasteiger charge is -2.36. The second-order valence-electron chi connectivity index (χ2n) is 15.2. The van der Waals surface area contributed by atoms with E-state index >= 15 is 0 Å². The molecule has 14 nitrogen and oxygen atoms in total. The molecule has 1 aliphatic heterocycles. The van der Waals surface area contributed by atoms with Crippen LogP contribution in [-0.4, -0.2) is 102 Å². The Labute approximate surface area is 314 Å². The number of cyclic esters (lactones) is 1. The van der Waals surface area contributed by atoms with Gasteiger partial charge in [0.1, 0.15) is 36.8 Å². The molecule has 7 N–H and O–H groups in total. The molecule has 2 fully saturated rings. The van der Waals surface area contributed by atoms with Gasteiger partial charge in [0, 0.05) is 13.6 Å². The maximum atomic E-state index is 14.7. The Kier molecular flexibility index (Phi) is 17.2. The summed E-state index contributed by atoms with van der Waals surface area (Å²) in [5.74, 6) is -5.12. The maximum Gasteiger partial charge on any atom is 0.325 e. The average Bonchev–Trinajstić information content (AvgIpc) is 3.13. The first-order chi connectivity index (χ1) is 25.2. The molecular weight excluding hydrogens is 680 g/mol. The van der Waals surface area contributed by atoms with Crippen LogP contribution in [0.5, 0.6) is 0 Å². The fraction of sp³-hybridized carbons (Fsp3) is 0.692. The van der Waals surface area contributed by atoms with E-state index in [-0.39, 0.29) is 24.8 Å². The molecule has 0 aromatic heterocycles. The van der Waals surface area contributed by atoms with E-state index in [9.17, 15) is 33.9 Å². The molecule has 296 valence electrons. The zero-order valence-corrected chi connectivity index (χ0v) is 32.3. The van der Waals surface area contributed by atoms with E-state index < -0.39 is 84.3 Å². The van der Waals surface area contributed by atoms with Gasteiger partial charge in [0.05, 0.1) is 12.0 Å². The number of carbonyl (C=O) groups excluding carboxylic acids is 6. The van der Waals surface area contributed by atoms with Crippen molar-refractivity contribution >= 4 is 35.5 Å². The third-order valence-corrected chi connectivity index (χ3v) is 10.3. The van der Waals surface area contributed by atoms with Crippen LogP contribution in [0.2, 0.25) is 0 Å². The molecule has 1 unspecified atom stereocenters. The zero-order chi connectivity index (χ0) is 39.2. The van der Waals surface area contributed by atoms with Crippen LogP contribution in [0.4, 0.5) is 0 Å². The Balaban J connectivity index is 2.14. The number of nitrogens with two attached hydrogens (primary N) is 1. The van der Waals surface area contributed by atoms with E-state index in [4.69, 9.17) is 10.5 Å². The summed E-state index contributed by atoms with van der Waals surface area (Å²) in [6, 6.07) is 2.93. The summed E-state index contributed by atoms with van der Waals surface area (Å²) in [4.78, 5) is 84.5. The van der Waals surface area contributed by atoms with Crippen molar-refractivity contribution in [2.24, 2.45) is 23.5 Å². The number of hydrogen-bond donors (Lipinski definition) is 6. The second kappa shape index (κ2) is 21.0. The lowest BCUT2D eigenvalue weighted by atomic mass is 9.83. The highest BCUT2D eigenvalue weighted by molar-refractivity contribution is 5.96. The number of nitrogens with zero attached hydrogens (tertiary/aromatic N) is 1. The molecule has 1 heterocycles. The average molecular weight is 743 g/mol. The van der Waals surface area contributed by atoms with Crippen LogP contribution >= 0.6 is 0 Å². The van der Waals surface area contributed by atoms with Crippen molar-refractivity contribution in [1.29, 1.82) is 0 Å². The Morgan fingerprint density at radius 1 is 0.906 bits per heavy atom. The molecule has 2 aliphatic rings. The number of unbranched alkanes of at least 4 members (excludes halogenated alkanes) is 1. The van der Waals surface area contributed by atoms with Gasteiger partial charge in [-0.15, -0.1) is 0 Å². The molecule has 1 aliphatic carbocycles. The Morgan fingerprint density at radius 3 is 2.15 bits per heavy atom. The smallest absolute Gasteiger partial charge is 0.325 e. The van der Waals surface area contributed by atoms with Gasteiger partial charge < -0.3 is 41.7 Å². The van der Waals surface area contributed by atoms with Crippen molar-refractivity contribution in [1.82, 2.24) is 26.2 Å². The summed E-state index contributed by atoms with van der Waals surface area (Å²) < 4.78 is 5.98. The minimum absolute atomic E-state index is 0.00961. The van der Waals surface area contributed by atoms with Gasteiger partial charge in [0.15, 0.2) is 0 Å². The molecule has 5 amide bonds. The van der Waals surface area contributed by atoms with Gasteiger partial charge in [-0.05, 0) is 63.4 Å². The van der Waals surface area contributed by atoms with Crippen LogP contribution in [0.15, 0.2) is 24.3 Å². The van der Waals surface area contributed by atoms with Gasteiger partial charge in [-0.1, -0.05) is 82.7 Å². The molecule has 1 saturated carbocycles. The van der Waals surface area contributed by atoms with Crippen LogP contribution in [0.1, 0.15) is 96.6 Å². The van der Waals surface area contributed by atoms with Crippen molar-refractivity contribution in [2.45, 2.75) is 135 Å². The minimum atomic E-state index is -1.49. The van der Waals surface area contributed by atoms with E-state index in [1.807, 2.05) is 52.0 Å².